The predicted octanol–water partition coefficient (Wildman–Crippen LogP) is 2.08. The number of benzene rings is 1. The predicted molar refractivity (Wildman–Crippen MR) is 96.8 cm³/mol. The first-order valence-electron chi connectivity index (χ1n) is 8.74. The number of amides is 2. The Morgan fingerprint density at radius 2 is 2.15 bits per heavy atom. The molecule has 3 fully saturated rings. The lowest BCUT2D eigenvalue weighted by atomic mass is 9.84. The fourth-order valence-electron chi connectivity index (χ4n) is 3.85. The number of aromatic amines is 1. The van der Waals surface area contributed by atoms with Gasteiger partial charge < -0.3 is 15.0 Å². The van der Waals surface area contributed by atoms with E-state index in [0.29, 0.717) is 22.7 Å². The molecule has 1 atom stereocenters. The second kappa shape index (κ2) is 6.80. The van der Waals surface area contributed by atoms with E-state index >= 15 is 0 Å². The molecule has 3 N–H and O–H groups in total. The van der Waals surface area contributed by atoms with E-state index in [1.54, 1.807) is 18.2 Å². The molecule has 4 heterocycles. The van der Waals surface area contributed by atoms with Gasteiger partial charge >= 0.3 is 6.09 Å². The summed E-state index contributed by atoms with van der Waals surface area (Å²) in [5.74, 6) is 0.348. The van der Waals surface area contributed by atoms with E-state index in [2.05, 4.69) is 37.0 Å². The molecule has 26 heavy (non-hydrogen) atoms. The van der Waals surface area contributed by atoms with Gasteiger partial charge in [-0.15, -0.1) is 0 Å². The van der Waals surface area contributed by atoms with Crippen LogP contribution in [-0.2, 0) is 4.74 Å². The van der Waals surface area contributed by atoms with Gasteiger partial charge in [-0.2, -0.15) is 5.10 Å². The van der Waals surface area contributed by atoms with Gasteiger partial charge in [-0.05, 0) is 50.0 Å². The summed E-state index contributed by atoms with van der Waals surface area (Å²) >= 11 is 0. The third-order valence-corrected chi connectivity index (χ3v) is 5.19. The molecule has 1 aromatic carbocycles. The zero-order valence-electron chi connectivity index (χ0n) is 14.3. The molecule has 8 heteroatoms. The topological polar surface area (TPSA) is 99.3 Å². The molecular weight excluding hydrogens is 334 g/mol. The lowest BCUT2D eigenvalue weighted by molar-refractivity contribution is 0.0618. The normalized spacial score (nSPS) is 24.2. The molecule has 0 aliphatic carbocycles. The number of anilines is 1. The standard InChI is InChI=1S/C18H21N5O3/c1-2-26-18(25)19-12-3-4-14-13(9-12)16(22-21-14)17(24)20-15-10-23-7-5-11(15)6-8-23/h2-4,9,11,15H,1,5-8,10H2,(H,19,25)(H,20,24)(H,21,22)/t15-/m1/s1. The molecule has 8 nitrogen and oxygen atoms in total. The Labute approximate surface area is 150 Å². The van der Waals surface area contributed by atoms with Crippen molar-refractivity contribution < 1.29 is 14.3 Å². The summed E-state index contributed by atoms with van der Waals surface area (Å²) in [5.41, 5.74) is 1.58. The first-order valence-corrected chi connectivity index (χ1v) is 8.74. The Kier molecular flexibility index (Phi) is 4.34. The lowest BCUT2D eigenvalue weighted by Crippen LogP contribution is -2.57. The smallest absolute Gasteiger partial charge is 0.416 e. The Bertz CT molecular complexity index is 854. The van der Waals surface area contributed by atoms with Crippen LogP contribution in [0.1, 0.15) is 23.3 Å². The van der Waals surface area contributed by atoms with Gasteiger partial charge in [0, 0.05) is 23.7 Å². The molecule has 0 unspecified atom stereocenters. The number of nitrogens with zero attached hydrogens (tertiary/aromatic N) is 2. The van der Waals surface area contributed by atoms with Crippen LogP contribution >= 0.6 is 0 Å². The third-order valence-electron chi connectivity index (χ3n) is 5.19. The number of H-pyrrole nitrogens is 1. The van der Waals surface area contributed by atoms with Crippen LogP contribution in [0.3, 0.4) is 0 Å². The highest BCUT2D eigenvalue weighted by atomic mass is 16.5. The molecule has 2 amide bonds. The molecule has 0 saturated carbocycles. The first-order chi connectivity index (χ1) is 12.6. The highest BCUT2D eigenvalue weighted by Gasteiger charge is 2.35. The summed E-state index contributed by atoms with van der Waals surface area (Å²) in [6, 6.07) is 5.34. The Balaban J connectivity index is 1.52. The Morgan fingerprint density at radius 3 is 2.85 bits per heavy atom. The minimum Gasteiger partial charge on any atom is -0.419 e. The van der Waals surface area contributed by atoms with Gasteiger partial charge in [0.1, 0.15) is 0 Å². The molecular formula is C18H21N5O3. The van der Waals surface area contributed by atoms with Gasteiger partial charge in [-0.3, -0.25) is 15.2 Å². The number of hydrogen-bond acceptors (Lipinski definition) is 5. The number of aromatic nitrogens is 2. The number of hydrogen-bond donors (Lipinski definition) is 3. The number of fused-ring (bicyclic) bond motifs is 4. The van der Waals surface area contributed by atoms with Gasteiger partial charge in [0.05, 0.1) is 11.8 Å². The van der Waals surface area contributed by atoms with Crippen molar-refractivity contribution in [2.24, 2.45) is 5.92 Å². The van der Waals surface area contributed by atoms with Gasteiger partial charge in [-0.25, -0.2) is 4.79 Å². The summed E-state index contributed by atoms with van der Waals surface area (Å²) in [6.45, 7) is 6.49. The van der Waals surface area contributed by atoms with Crippen LogP contribution in [0.25, 0.3) is 10.9 Å². The zero-order chi connectivity index (χ0) is 18.1. The highest BCUT2D eigenvalue weighted by Crippen LogP contribution is 2.28. The maximum Gasteiger partial charge on any atom is 0.416 e. The molecule has 0 radical (unpaired) electrons. The van der Waals surface area contributed by atoms with Crippen LogP contribution in [0.4, 0.5) is 10.5 Å². The second-order valence-corrected chi connectivity index (χ2v) is 6.75. The molecule has 3 aliphatic heterocycles. The fraction of sp³-hybridized carbons (Fsp3) is 0.389. The van der Waals surface area contributed by atoms with E-state index in [0.717, 1.165) is 44.3 Å². The van der Waals surface area contributed by atoms with Crippen molar-refractivity contribution in [3.63, 3.8) is 0 Å². The molecule has 2 aromatic rings. The lowest BCUT2D eigenvalue weighted by Gasteiger charge is -2.44. The molecule has 136 valence electrons. The summed E-state index contributed by atoms with van der Waals surface area (Å²) in [7, 11) is 0. The van der Waals surface area contributed by atoms with Crippen LogP contribution < -0.4 is 10.6 Å². The van der Waals surface area contributed by atoms with Crippen LogP contribution in [0.15, 0.2) is 31.0 Å². The maximum absolute atomic E-state index is 12.8. The SMILES string of the molecule is C=COC(=O)Nc1ccc2[nH]nc(C(=O)N[C@@H]3CN4CCC3CC4)c2c1. The van der Waals surface area contributed by atoms with Crippen molar-refractivity contribution in [1.29, 1.82) is 0 Å². The third kappa shape index (κ3) is 3.15. The van der Waals surface area contributed by atoms with Crippen LogP contribution in [0.5, 0.6) is 0 Å². The number of nitrogens with one attached hydrogen (secondary N) is 3. The summed E-state index contributed by atoms with van der Waals surface area (Å²) in [6.07, 6.45) is 2.68. The first kappa shape index (κ1) is 16.6. The zero-order valence-corrected chi connectivity index (χ0v) is 14.3. The monoisotopic (exact) mass is 355 g/mol. The number of piperidine rings is 3. The van der Waals surface area contributed by atoms with Crippen LogP contribution in [-0.4, -0.2) is 52.8 Å². The number of carbonyl (C=O) groups is 2. The van der Waals surface area contributed by atoms with E-state index in [1.165, 1.54) is 0 Å². The molecule has 2 bridgehead atoms. The molecule has 3 aliphatic rings. The van der Waals surface area contributed by atoms with Crippen molar-refractivity contribution in [1.82, 2.24) is 20.4 Å². The fourth-order valence-corrected chi connectivity index (χ4v) is 3.85. The van der Waals surface area contributed by atoms with Gasteiger partial charge in [0.25, 0.3) is 5.91 Å². The number of carbonyl (C=O) groups excluding carboxylic acids is 2. The average molecular weight is 355 g/mol. The van der Waals surface area contributed by atoms with Gasteiger partial charge in [-0.1, -0.05) is 6.58 Å². The van der Waals surface area contributed by atoms with E-state index in [1.807, 2.05) is 0 Å². The van der Waals surface area contributed by atoms with Crippen molar-refractivity contribution >= 4 is 28.6 Å². The van der Waals surface area contributed by atoms with Crippen LogP contribution in [0, 0.1) is 5.92 Å². The van der Waals surface area contributed by atoms with Gasteiger partial charge in [0.15, 0.2) is 5.69 Å². The average Bonchev–Trinajstić information content (AvgIpc) is 3.06. The van der Waals surface area contributed by atoms with Crippen molar-refractivity contribution in [2.75, 3.05) is 25.0 Å². The second-order valence-electron chi connectivity index (χ2n) is 6.75. The quantitative estimate of drug-likeness (QED) is 0.729. The number of ether oxygens (including phenoxy) is 1. The van der Waals surface area contributed by atoms with E-state index < -0.39 is 6.09 Å². The van der Waals surface area contributed by atoms with Crippen molar-refractivity contribution in [2.45, 2.75) is 18.9 Å². The van der Waals surface area contributed by atoms with Crippen LogP contribution in [0.2, 0.25) is 0 Å². The Hall–Kier alpha value is -2.87. The van der Waals surface area contributed by atoms with Crippen molar-refractivity contribution in [3.05, 3.63) is 36.7 Å². The maximum atomic E-state index is 12.8. The summed E-state index contributed by atoms with van der Waals surface area (Å²) in [4.78, 5) is 26.7. The minimum atomic E-state index is -0.638. The number of rotatable bonds is 4. The van der Waals surface area contributed by atoms with Gasteiger partial charge in [0.2, 0.25) is 0 Å². The van der Waals surface area contributed by atoms with Crippen molar-refractivity contribution in [3.8, 4) is 0 Å². The largest absolute Gasteiger partial charge is 0.419 e. The molecule has 0 spiro atoms. The molecule has 3 saturated heterocycles. The minimum absolute atomic E-state index is 0.167. The highest BCUT2D eigenvalue weighted by molar-refractivity contribution is 6.06. The molecule has 5 rings (SSSR count). The van der Waals surface area contributed by atoms with E-state index in [4.69, 9.17) is 0 Å². The summed E-state index contributed by atoms with van der Waals surface area (Å²) < 4.78 is 4.65. The van der Waals surface area contributed by atoms with E-state index in [-0.39, 0.29) is 11.9 Å². The summed E-state index contributed by atoms with van der Waals surface area (Å²) in [5, 5.41) is 13.4. The Morgan fingerprint density at radius 1 is 1.35 bits per heavy atom. The van der Waals surface area contributed by atoms with E-state index in [9.17, 15) is 9.59 Å². The molecule has 1 aromatic heterocycles.